The number of benzene rings is 1. The number of aryl methyl sites for hydroxylation is 2. The number of sulfonamides is 1. The van der Waals surface area contributed by atoms with Crippen LogP contribution in [0, 0.1) is 13.8 Å². The molecule has 2 heterocycles. The van der Waals surface area contributed by atoms with Crippen LogP contribution in [0.15, 0.2) is 47.5 Å². The normalized spacial score (nSPS) is 11.6. The summed E-state index contributed by atoms with van der Waals surface area (Å²) in [5, 5.41) is 0. The highest BCUT2D eigenvalue weighted by molar-refractivity contribution is 7.92. The zero-order valence-electron chi connectivity index (χ0n) is 13.6. The van der Waals surface area contributed by atoms with Gasteiger partial charge in [-0.2, -0.15) is 0 Å². The van der Waals surface area contributed by atoms with E-state index in [9.17, 15) is 13.2 Å². The van der Waals surface area contributed by atoms with Crippen LogP contribution in [0.2, 0.25) is 0 Å². The number of carbonyl (C=O) groups excluding carboxylic acids is 1. The number of nitrogens with one attached hydrogen (secondary N) is 1. The minimum absolute atomic E-state index is 0.103. The molecule has 0 saturated heterocycles. The highest BCUT2D eigenvalue weighted by Crippen LogP contribution is 2.19. The minimum atomic E-state index is -3.73. The number of pyridine rings is 1. The van der Waals surface area contributed by atoms with Gasteiger partial charge in [0.25, 0.3) is 10.0 Å². The van der Waals surface area contributed by atoms with E-state index in [2.05, 4.69) is 9.71 Å². The lowest BCUT2D eigenvalue weighted by atomic mass is 10.2. The number of ketones is 1. The molecule has 0 unspecified atom stereocenters. The zero-order valence-corrected chi connectivity index (χ0v) is 14.4. The van der Waals surface area contributed by atoms with Crippen LogP contribution in [-0.2, 0) is 10.0 Å². The van der Waals surface area contributed by atoms with Gasteiger partial charge in [0.15, 0.2) is 5.78 Å². The fourth-order valence-electron chi connectivity index (χ4n) is 2.42. The van der Waals surface area contributed by atoms with Crippen molar-refractivity contribution in [1.29, 1.82) is 0 Å². The van der Waals surface area contributed by atoms with Crippen molar-refractivity contribution in [3.8, 4) is 0 Å². The van der Waals surface area contributed by atoms with Gasteiger partial charge < -0.3 is 4.40 Å². The van der Waals surface area contributed by atoms with Crippen molar-refractivity contribution in [2.24, 2.45) is 0 Å². The Kier molecular flexibility index (Phi) is 3.88. The van der Waals surface area contributed by atoms with E-state index in [-0.39, 0.29) is 10.7 Å². The molecule has 3 aromatic rings. The number of hydrogen-bond acceptors (Lipinski definition) is 4. The first kappa shape index (κ1) is 16.2. The number of carbonyl (C=O) groups is 1. The van der Waals surface area contributed by atoms with Crippen LogP contribution in [0.25, 0.3) is 5.65 Å². The lowest BCUT2D eigenvalue weighted by Crippen LogP contribution is -2.13. The van der Waals surface area contributed by atoms with Crippen molar-refractivity contribution in [2.75, 3.05) is 4.72 Å². The van der Waals surface area contributed by atoms with E-state index in [1.165, 1.54) is 31.2 Å². The molecular weight excluding hydrogens is 326 g/mol. The molecule has 0 atom stereocenters. The third kappa shape index (κ3) is 2.90. The molecule has 24 heavy (non-hydrogen) atoms. The van der Waals surface area contributed by atoms with Crippen molar-refractivity contribution >= 4 is 27.1 Å². The molecule has 0 amide bonds. The van der Waals surface area contributed by atoms with Gasteiger partial charge in [0.1, 0.15) is 5.65 Å². The van der Waals surface area contributed by atoms with E-state index in [4.69, 9.17) is 0 Å². The van der Waals surface area contributed by atoms with Gasteiger partial charge in [-0.25, -0.2) is 13.4 Å². The summed E-state index contributed by atoms with van der Waals surface area (Å²) in [7, 11) is -3.73. The Morgan fingerprint density at radius 3 is 2.38 bits per heavy atom. The maximum absolute atomic E-state index is 12.5. The Labute approximate surface area is 140 Å². The van der Waals surface area contributed by atoms with Crippen LogP contribution in [0.4, 0.5) is 5.69 Å². The number of anilines is 1. The summed E-state index contributed by atoms with van der Waals surface area (Å²) < 4.78 is 29.4. The summed E-state index contributed by atoms with van der Waals surface area (Å²) in [6, 6.07) is 9.28. The lowest BCUT2D eigenvalue weighted by molar-refractivity contribution is 0.101. The molecular formula is C17H17N3O3S. The number of Topliss-reactive ketones (excluding diaryl/α,β-unsaturated/α-hetero) is 1. The molecule has 1 aromatic carbocycles. The quantitative estimate of drug-likeness (QED) is 0.739. The highest BCUT2D eigenvalue weighted by Gasteiger charge is 2.15. The first-order chi connectivity index (χ1) is 11.3. The van der Waals surface area contributed by atoms with E-state index in [0.29, 0.717) is 11.3 Å². The summed E-state index contributed by atoms with van der Waals surface area (Å²) in [6.07, 6.45) is 1.70. The van der Waals surface area contributed by atoms with Gasteiger partial charge in [-0.3, -0.25) is 9.52 Å². The second kappa shape index (κ2) is 5.76. The molecule has 0 aliphatic heterocycles. The zero-order chi connectivity index (χ0) is 17.5. The summed E-state index contributed by atoms with van der Waals surface area (Å²) in [4.78, 5) is 15.8. The van der Waals surface area contributed by atoms with E-state index in [0.717, 1.165) is 17.0 Å². The Morgan fingerprint density at radius 2 is 1.75 bits per heavy atom. The van der Waals surface area contributed by atoms with Crippen LogP contribution in [-0.4, -0.2) is 23.6 Å². The van der Waals surface area contributed by atoms with E-state index in [1.807, 2.05) is 18.2 Å². The maximum atomic E-state index is 12.5. The van der Waals surface area contributed by atoms with Gasteiger partial charge in [-0.1, -0.05) is 12.1 Å². The van der Waals surface area contributed by atoms with Gasteiger partial charge in [-0.05, 0) is 45.0 Å². The fourth-order valence-corrected chi connectivity index (χ4v) is 3.47. The molecule has 3 rings (SSSR count). The molecule has 0 spiro atoms. The van der Waals surface area contributed by atoms with Crippen LogP contribution < -0.4 is 4.72 Å². The Hall–Kier alpha value is -2.67. The third-order valence-corrected chi connectivity index (χ3v) is 5.31. The summed E-state index contributed by atoms with van der Waals surface area (Å²) in [5.74, 6) is -0.108. The van der Waals surface area contributed by atoms with Gasteiger partial charge in [-0.15, -0.1) is 0 Å². The van der Waals surface area contributed by atoms with Crippen LogP contribution in [0.5, 0.6) is 0 Å². The van der Waals surface area contributed by atoms with Crippen LogP contribution in [0.3, 0.4) is 0 Å². The Balaban J connectivity index is 1.94. The molecule has 6 nitrogen and oxygen atoms in total. The molecule has 0 bridgehead atoms. The number of nitrogens with zero attached hydrogens (tertiary/aromatic N) is 2. The first-order valence-corrected chi connectivity index (χ1v) is 8.85. The average molecular weight is 343 g/mol. The second-order valence-electron chi connectivity index (χ2n) is 5.61. The average Bonchev–Trinajstić information content (AvgIpc) is 2.82. The molecule has 0 radical (unpaired) electrons. The predicted molar refractivity (Wildman–Crippen MR) is 91.9 cm³/mol. The SMILES string of the molecule is CC(=O)c1ccc(S(=O)(=O)Nc2ccc3nc(C)c(C)n3c2)cc1. The number of hydrogen-bond donors (Lipinski definition) is 1. The summed E-state index contributed by atoms with van der Waals surface area (Å²) >= 11 is 0. The van der Waals surface area contributed by atoms with Gasteiger partial charge in [0, 0.05) is 17.5 Å². The Morgan fingerprint density at radius 1 is 1.08 bits per heavy atom. The second-order valence-corrected chi connectivity index (χ2v) is 7.30. The van der Waals surface area contributed by atoms with Crippen molar-refractivity contribution in [3.63, 3.8) is 0 Å². The number of aromatic nitrogens is 2. The molecule has 7 heteroatoms. The third-order valence-electron chi connectivity index (χ3n) is 3.92. The van der Waals surface area contributed by atoms with Crippen LogP contribution >= 0.6 is 0 Å². The van der Waals surface area contributed by atoms with Crippen molar-refractivity contribution in [2.45, 2.75) is 25.7 Å². The molecule has 0 aliphatic rings. The van der Waals surface area contributed by atoms with E-state index in [1.54, 1.807) is 18.3 Å². The van der Waals surface area contributed by atoms with Gasteiger partial charge in [0.2, 0.25) is 0 Å². The molecule has 124 valence electrons. The molecule has 0 aliphatic carbocycles. The molecule has 0 fully saturated rings. The smallest absolute Gasteiger partial charge is 0.261 e. The molecule has 1 N–H and O–H groups in total. The first-order valence-electron chi connectivity index (χ1n) is 7.37. The highest BCUT2D eigenvalue weighted by atomic mass is 32.2. The van der Waals surface area contributed by atoms with Crippen molar-refractivity contribution < 1.29 is 13.2 Å². The van der Waals surface area contributed by atoms with Crippen molar-refractivity contribution in [3.05, 3.63) is 59.5 Å². The summed E-state index contributed by atoms with van der Waals surface area (Å²) in [6.45, 7) is 5.27. The fraction of sp³-hybridized carbons (Fsp3) is 0.176. The standard InChI is InChI=1S/C17H17N3O3S/c1-11-12(2)20-10-15(6-9-17(20)18-11)19-24(22,23)16-7-4-14(5-8-16)13(3)21/h4-10,19H,1-3H3. The maximum Gasteiger partial charge on any atom is 0.261 e. The van der Waals surface area contributed by atoms with E-state index >= 15 is 0 Å². The number of fused-ring (bicyclic) bond motifs is 1. The van der Waals surface area contributed by atoms with Crippen LogP contribution in [0.1, 0.15) is 28.7 Å². The minimum Gasteiger partial charge on any atom is -0.302 e. The lowest BCUT2D eigenvalue weighted by Gasteiger charge is -2.09. The van der Waals surface area contributed by atoms with E-state index < -0.39 is 10.0 Å². The van der Waals surface area contributed by atoms with Crippen molar-refractivity contribution in [1.82, 2.24) is 9.38 Å². The number of imidazole rings is 1. The Bertz CT molecular complexity index is 1030. The van der Waals surface area contributed by atoms with Gasteiger partial charge >= 0.3 is 0 Å². The largest absolute Gasteiger partial charge is 0.302 e. The molecule has 2 aromatic heterocycles. The van der Waals surface area contributed by atoms with Gasteiger partial charge in [0.05, 0.1) is 16.3 Å². The monoisotopic (exact) mass is 343 g/mol. The summed E-state index contributed by atoms with van der Waals surface area (Å²) in [5.41, 5.74) is 3.53. The molecule has 0 saturated carbocycles. The predicted octanol–water partition coefficient (Wildman–Crippen LogP) is 2.95. The number of rotatable bonds is 4. The topological polar surface area (TPSA) is 80.5 Å².